The molecule has 3 aliphatic rings. The Morgan fingerprint density at radius 1 is 1.22 bits per heavy atom. The number of alkyl halides is 1. The molecule has 10 nitrogen and oxygen atoms in total. The van der Waals surface area contributed by atoms with Crippen LogP contribution in [0, 0.1) is 0 Å². The van der Waals surface area contributed by atoms with Crippen LogP contribution in [0.15, 0.2) is 11.8 Å². The molecule has 0 radical (unpaired) electrons. The number of hydrogen-bond acceptors (Lipinski definition) is 8. The van der Waals surface area contributed by atoms with Gasteiger partial charge in [-0.2, -0.15) is 19.6 Å². The quantitative estimate of drug-likeness (QED) is 0.372. The lowest BCUT2D eigenvalue weighted by atomic mass is 10.1. The highest BCUT2D eigenvalue weighted by atomic mass is 19.1. The van der Waals surface area contributed by atoms with Crippen molar-refractivity contribution < 1.29 is 14.0 Å². The summed E-state index contributed by atoms with van der Waals surface area (Å²) in [7, 11) is 0. The largest absolute Gasteiger partial charge is 0.354 e. The zero-order valence-electron chi connectivity index (χ0n) is 17.9. The fourth-order valence-electron chi connectivity index (χ4n) is 4.48. The van der Waals surface area contributed by atoms with Crippen LogP contribution in [0.4, 0.5) is 16.3 Å². The second-order valence-electron chi connectivity index (χ2n) is 8.57. The van der Waals surface area contributed by atoms with Crippen molar-refractivity contribution in [3.8, 4) is 0 Å². The number of anilines is 2. The van der Waals surface area contributed by atoms with Gasteiger partial charge in [0.05, 0.1) is 19.2 Å². The van der Waals surface area contributed by atoms with E-state index in [0.717, 1.165) is 32.6 Å². The van der Waals surface area contributed by atoms with Gasteiger partial charge in [0.1, 0.15) is 6.17 Å². The molecule has 0 aliphatic carbocycles. The Morgan fingerprint density at radius 2 is 2.06 bits per heavy atom. The Hall–Kier alpha value is -3.08. The van der Waals surface area contributed by atoms with Gasteiger partial charge in [0.2, 0.25) is 17.8 Å². The van der Waals surface area contributed by atoms with E-state index in [1.165, 1.54) is 12.8 Å². The zero-order chi connectivity index (χ0) is 22.1. The third-order valence-corrected chi connectivity index (χ3v) is 6.15. The molecule has 0 bridgehead atoms. The second kappa shape index (κ2) is 8.81. The van der Waals surface area contributed by atoms with E-state index in [4.69, 9.17) is 0 Å². The molecule has 3 fully saturated rings. The van der Waals surface area contributed by atoms with Crippen LogP contribution in [0.25, 0.3) is 11.7 Å². The molecule has 5 rings (SSSR count). The first-order valence-corrected chi connectivity index (χ1v) is 11.2. The van der Waals surface area contributed by atoms with Crippen LogP contribution >= 0.6 is 0 Å². The maximum Gasteiger partial charge on any atom is 0.254 e. The Labute approximate surface area is 184 Å². The number of rotatable bonds is 7. The molecule has 2 aromatic heterocycles. The van der Waals surface area contributed by atoms with Crippen molar-refractivity contribution in [3.05, 3.63) is 17.3 Å². The minimum Gasteiger partial charge on any atom is -0.354 e. The number of likely N-dealkylation sites (tertiary alicyclic amines) is 1. The lowest BCUT2D eigenvalue weighted by Gasteiger charge is -2.18. The summed E-state index contributed by atoms with van der Waals surface area (Å²) in [5.74, 6) is 0.250. The topological polar surface area (TPSA) is 108 Å². The molecule has 2 N–H and O–H groups in total. The average molecular weight is 442 g/mol. The predicted octanol–water partition coefficient (Wildman–Crippen LogP) is 1.00. The monoisotopic (exact) mass is 442 g/mol. The smallest absolute Gasteiger partial charge is 0.254 e. The standard InChI is InChI=1S/C21H27FN8O2/c22-16-4-9-29(13-16)21-27-20(23-5-3-8-28-6-1-2-7-28)26-18-15(12-24-30(18)21)10-14-11-17(31)25-19(14)32/h10,12,16H,1-9,11,13H2,(H,23,26)(H,25,31,32)/b14-10+. The molecule has 11 heteroatoms. The highest BCUT2D eigenvalue weighted by Gasteiger charge is 2.28. The molecule has 0 spiro atoms. The third kappa shape index (κ3) is 4.29. The summed E-state index contributed by atoms with van der Waals surface area (Å²) in [4.78, 5) is 37.1. The van der Waals surface area contributed by atoms with Crippen molar-refractivity contribution in [2.75, 3.05) is 49.5 Å². The number of carbonyl (C=O) groups excluding carboxylic acids is 2. The number of fused-ring (bicyclic) bond motifs is 1. The number of aromatic nitrogens is 4. The van der Waals surface area contributed by atoms with E-state index in [-0.39, 0.29) is 18.9 Å². The van der Waals surface area contributed by atoms with Gasteiger partial charge in [0, 0.05) is 24.2 Å². The van der Waals surface area contributed by atoms with E-state index < -0.39 is 12.1 Å². The Balaban J connectivity index is 1.41. The molecule has 1 unspecified atom stereocenters. The van der Waals surface area contributed by atoms with Gasteiger partial charge in [0.25, 0.3) is 5.91 Å². The summed E-state index contributed by atoms with van der Waals surface area (Å²) in [5, 5.41) is 9.98. The molecule has 170 valence electrons. The molecule has 0 saturated carbocycles. The van der Waals surface area contributed by atoms with Crippen LogP contribution in [0.2, 0.25) is 0 Å². The lowest BCUT2D eigenvalue weighted by Crippen LogP contribution is -2.26. The molecular weight excluding hydrogens is 415 g/mol. The number of hydrogen-bond donors (Lipinski definition) is 2. The lowest BCUT2D eigenvalue weighted by molar-refractivity contribution is -0.124. The molecule has 0 aromatic carbocycles. The molecule has 5 heterocycles. The first-order valence-electron chi connectivity index (χ1n) is 11.2. The summed E-state index contributed by atoms with van der Waals surface area (Å²) in [6.45, 7) is 4.89. The fraction of sp³-hybridized carbons (Fsp3) is 0.571. The Kier molecular flexibility index (Phi) is 5.73. The van der Waals surface area contributed by atoms with Crippen molar-refractivity contribution in [2.24, 2.45) is 0 Å². The predicted molar refractivity (Wildman–Crippen MR) is 117 cm³/mol. The summed E-state index contributed by atoms with van der Waals surface area (Å²) in [5.41, 5.74) is 1.50. The van der Waals surface area contributed by atoms with Crippen LogP contribution in [0.1, 0.15) is 37.7 Å². The Bertz CT molecular complexity index is 1060. The van der Waals surface area contributed by atoms with Crippen molar-refractivity contribution in [2.45, 2.75) is 38.3 Å². The molecule has 3 aliphatic heterocycles. The van der Waals surface area contributed by atoms with Gasteiger partial charge in [-0.05, 0) is 51.4 Å². The number of carbonyl (C=O) groups is 2. The number of nitrogens with zero attached hydrogens (tertiary/aromatic N) is 6. The van der Waals surface area contributed by atoms with Crippen molar-refractivity contribution in [1.29, 1.82) is 0 Å². The zero-order valence-corrected chi connectivity index (χ0v) is 17.9. The van der Waals surface area contributed by atoms with Gasteiger partial charge < -0.3 is 15.1 Å². The van der Waals surface area contributed by atoms with Gasteiger partial charge in [-0.15, -0.1) is 0 Å². The number of imide groups is 1. The van der Waals surface area contributed by atoms with E-state index in [9.17, 15) is 14.0 Å². The molecular formula is C21H27FN8O2. The molecule has 2 amide bonds. The van der Waals surface area contributed by atoms with Gasteiger partial charge in [-0.25, -0.2) is 4.39 Å². The first kappa shape index (κ1) is 20.8. The van der Waals surface area contributed by atoms with Gasteiger partial charge in [-0.3, -0.25) is 14.9 Å². The SMILES string of the molecule is O=C1C/C(=C\c2cnn3c(N4CCC(F)C4)nc(NCCCN4CCCC4)nc23)C(=O)N1. The molecule has 32 heavy (non-hydrogen) atoms. The molecule has 1 atom stereocenters. The van der Waals surface area contributed by atoms with Gasteiger partial charge in [0.15, 0.2) is 5.65 Å². The first-order chi connectivity index (χ1) is 15.6. The fourth-order valence-corrected chi connectivity index (χ4v) is 4.48. The molecule has 2 aromatic rings. The van der Waals surface area contributed by atoms with E-state index in [1.54, 1.807) is 16.8 Å². The van der Waals surface area contributed by atoms with Crippen LogP contribution in [-0.2, 0) is 9.59 Å². The van der Waals surface area contributed by atoms with Crippen LogP contribution < -0.4 is 15.5 Å². The highest BCUT2D eigenvalue weighted by Crippen LogP contribution is 2.25. The number of amides is 2. The van der Waals surface area contributed by atoms with Gasteiger partial charge >= 0.3 is 0 Å². The van der Waals surface area contributed by atoms with Crippen molar-refractivity contribution in [3.63, 3.8) is 0 Å². The minimum absolute atomic E-state index is 0.0331. The number of nitrogens with one attached hydrogen (secondary N) is 2. The van der Waals surface area contributed by atoms with Crippen LogP contribution in [-0.4, -0.2) is 81.7 Å². The summed E-state index contributed by atoms with van der Waals surface area (Å²) in [6.07, 6.45) is 6.32. The third-order valence-electron chi connectivity index (χ3n) is 6.15. The summed E-state index contributed by atoms with van der Waals surface area (Å²) < 4.78 is 15.5. The maximum atomic E-state index is 13.9. The van der Waals surface area contributed by atoms with Gasteiger partial charge in [-0.1, -0.05) is 0 Å². The Morgan fingerprint density at radius 3 is 2.78 bits per heavy atom. The second-order valence-corrected chi connectivity index (χ2v) is 8.57. The van der Waals surface area contributed by atoms with Crippen LogP contribution in [0.3, 0.4) is 0 Å². The number of halogens is 1. The normalized spacial score (nSPS) is 23.1. The van der Waals surface area contributed by atoms with Crippen LogP contribution in [0.5, 0.6) is 0 Å². The van der Waals surface area contributed by atoms with E-state index in [2.05, 4.69) is 30.6 Å². The average Bonchev–Trinajstić information content (AvgIpc) is 3.55. The van der Waals surface area contributed by atoms with Crippen molar-refractivity contribution >= 4 is 35.4 Å². The van der Waals surface area contributed by atoms with E-state index in [1.807, 2.05) is 4.90 Å². The summed E-state index contributed by atoms with van der Waals surface area (Å²) >= 11 is 0. The highest BCUT2D eigenvalue weighted by molar-refractivity contribution is 6.15. The maximum absolute atomic E-state index is 13.9. The summed E-state index contributed by atoms with van der Waals surface area (Å²) in [6, 6.07) is 0. The van der Waals surface area contributed by atoms with E-state index >= 15 is 0 Å². The molecule has 3 saturated heterocycles. The van der Waals surface area contributed by atoms with Crippen molar-refractivity contribution in [1.82, 2.24) is 29.8 Å². The minimum atomic E-state index is -0.901. The van der Waals surface area contributed by atoms with E-state index in [0.29, 0.717) is 41.6 Å².